The summed E-state index contributed by atoms with van der Waals surface area (Å²) >= 11 is 0. The van der Waals surface area contributed by atoms with Gasteiger partial charge in [-0.05, 0) is 12.8 Å². The van der Waals surface area contributed by atoms with E-state index in [1.165, 1.54) is 0 Å². The zero-order valence-corrected chi connectivity index (χ0v) is 9.00. The van der Waals surface area contributed by atoms with Crippen LogP contribution in [0, 0.1) is 0 Å². The average Bonchev–Trinajstić information content (AvgIpc) is 2.30. The number of alkyl halides is 3. The second-order valence-corrected chi connectivity index (χ2v) is 5.46. The lowest BCUT2D eigenvalue weighted by atomic mass is 10.1. The van der Waals surface area contributed by atoms with E-state index in [0.717, 1.165) is 25.7 Å². The van der Waals surface area contributed by atoms with Crippen LogP contribution in [0.4, 0.5) is 13.2 Å². The van der Waals surface area contributed by atoms with Crippen molar-refractivity contribution in [2.24, 2.45) is 0 Å². The summed E-state index contributed by atoms with van der Waals surface area (Å²) in [5, 5.41) is 0. The van der Waals surface area contributed by atoms with Crippen LogP contribution in [0.25, 0.3) is 0 Å². The van der Waals surface area contributed by atoms with Crippen LogP contribution in [0.15, 0.2) is 0 Å². The number of sulfonamides is 1. The Hall–Kier alpha value is -0.300. The molecule has 0 aromatic rings. The lowest BCUT2D eigenvalue weighted by molar-refractivity contribution is -0.0451. The first-order valence-electron chi connectivity index (χ1n) is 4.91. The molecule has 1 fully saturated rings. The van der Waals surface area contributed by atoms with E-state index >= 15 is 0 Å². The van der Waals surface area contributed by atoms with Crippen LogP contribution in [-0.4, -0.2) is 20.0 Å². The van der Waals surface area contributed by atoms with Crippen molar-refractivity contribution in [1.29, 1.82) is 0 Å². The number of rotatable bonds is 2. The van der Waals surface area contributed by atoms with E-state index in [2.05, 4.69) is 0 Å². The fourth-order valence-corrected chi connectivity index (χ4v) is 2.49. The molecule has 1 aliphatic rings. The zero-order valence-electron chi connectivity index (χ0n) is 8.18. The van der Waals surface area contributed by atoms with Gasteiger partial charge in [0.05, 0.1) is 0 Å². The van der Waals surface area contributed by atoms with Crippen LogP contribution >= 0.6 is 0 Å². The maximum absolute atomic E-state index is 12.0. The van der Waals surface area contributed by atoms with Crippen LogP contribution in [0.1, 0.15) is 38.5 Å². The van der Waals surface area contributed by atoms with Crippen molar-refractivity contribution in [3.8, 4) is 0 Å². The molecule has 90 valence electrons. The van der Waals surface area contributed by atoms with E-state index in [1.54, 1.807) is 4.72 Å². The number of halogens is 3. The standard InChI is InChI=1S/C8H14F3NO2S/c9-8(10,11)15(13,14)12-7-5-3-1-2-4-6-7/h7,12H,1-6H2. The van der Waals surface area contributed by atoms with Crippen molar-refractivity contribution in [2.45, 2.75) is 50.1 Å². The van der Waals surface area contributed by atoms with Crippen LogP contribution in [0.2, 0.25) is 0 Å². The number of hydrogen-bond acceptors (Lipinski definition) is 2. The molecule has 0 bridgehead atoms. The molecule has 7 heteroatoms. The van der Waals surface area contributed by atoms with Crippen molar-refractivity contribution in [3.63, 3.8) is 0 Å². The fourth-order valence-electron chi connectivity index (χ4n) is 1.68. The molecule has 0 spiro atoms. The molecular formula is C8H14F3NO2S. The van der Waals surface area contributed by atoms with Gasteiger partial charge in [0.15, 0.2) is 0 Å². The Morgan fingerprint density at radius 1 is 1.00 bits per heavy atom. The minimum absolute atomic E-state index is 0.495. The highest BCUT2D eigenvalue weighted by Gasteiger charge is 2.46. The Labute approximate surface area is 87.1 Å². The molecule has 15 heavy (non-hydrogen) atoms. The Morgan fingerprint density at radius 3 is 1.87 bits per heavy atom. The van der Waals surface area contributed by atoms with Crippen molar-refractivity contribution in [3.05, 3.63) is 0 Å². The summed E-state index contributed by atoms with van der Waals surface area (Å²) in [5.74, 6) is 0. The predicted octanol–water partition coefficient (Wildman–Crippen LogP) is 2.15. The third-order valence-electron chi connectivity index (χ3n) is 2.48. The smallest absolute Gasteiger partial charge is 0.204 e. The van der Waals surface area contributed by atoms with Gasteiger partial charge in [0.2, 0.25) is 0 Å². The molecule has 1 N–H and O–H groups in total. The fraction of sp³-hybridized carbons (Fsp3) is 1.00. The van der Waals surface area contributed by atoms with E-state index in [9.17, 15) is 21.6 Å². The van der Waals surface area contributed by atoms with E-state index in [-0.39, 0.29) is 0 Å². The summed E-state index contributed by atoms with van der Waals surface area (Å²) in [4.78, 5) is 0. The topological polar surface area (TPSA) is 46.2 Å². The Kier molecular flexibility index (Phi) is 3.99. The molecule has 0 heterocycles. The van der Waals surface area contributed by atoms with E-state index in [0.29, 0.717) is 12.8 Å². The average molecular weight is 245 g/mol. The first-order valence-corrected chi connectivity index (χ1v) is 6.40. The normalized spacial score (nSPS) is 21.3. The zero-order chi connectivity index (χ0) is 11.5. The van der Waals surface area contributed by atoms with Gasteiger partial charge < -0.3 is 0 Å². The van der Waals surface area contributed by atoms with E-state index < -0.39 is 21.6 Å². The molecule has 0 atom stereocenters. The first-order chi connectivity index (χ1) is 6.83. The van der Waals surface area contributed by atoms with Crippen molar-refractivity contribution in [2.75, 3.05) is 0 Å². The Balaban J connectivity index is 2.60. The summed E-state index contributed by atoms with van der Waals surface area (Å²) in [6, 6.07) is -0.556. The largest absolute Gasteiger partial charge is 0.511 e. The van der Waals surface area contributed by atoms with Gasteiger partial charge in [-0.3, -0.25) is 0 Å². The number of nitrogens with one attached hydrogen (secondary N) is 1. The minimum Gasteiger partial charge on any atom is -0.204 e. The third-order valence-corrected chi connectivity index (χ3v) is 3.73. The third kappa shape index (κ3) is 3.64. The highest BCUT2D eigenvalue weighted by Crippen LogP contribution is 2.24. The molecule has 3 nitrogen and oxygen atoms in total. The molecule has 1 rings (SSSR count). The van der Waals surface area contributed by atoms with Crippen LogP contribution < -0.4 is 4.72 Å². The Bertz CT molecular complexity index is 291. The van der Waals surface area contributed by atoms with Gasteiger partial charge in [-0.2, -0.15) is 13.2 Å². The molecule has 0 amide bonds. The minimum atomic E-state index is -5.20. The molecule has 0 aromatic heterocycles. The summed E-state index contributed by atoms with van der Waals surface area (Å²) < 4.78 is 59.4. The molecule has 0 aliphatic heterocycles. The van der Waals surface area contributed by atoms with Gasteiger partial charge in [-0.15, -0.1) is 0 Å². The second kappa shape index (κ2) is 4.69. The number of hydrogen-bond donors (Lipinski definition) is 1. The highest BCUT2D eigenvalue weighted by atomic mass is 32.2. The van der Waals surface area contributed by atoms with Gasteiger partial charge in [-0.1, -0.05) is 25.7 Å². The van der Waals surface area contributed by atoms with Gasteiger partial charge >= 0.3 is 15.5 Å². The van der Waals surface area contributed by atoms with Crippen molar-refractivity contribution < 1.29 is 21.6 Å². The van der Waals surface area contributed by atoms with Crippen LogP contribution in [-0.2, 0) is 10.0 Å². The van der Waals surface area contributed by atoms with Gasteiger partial charge in [-0.25, -0.2) is 13.1 Å². The summed E-state index contributed by atoms with van der Waals surface area (Å²) in [6.07, 6.45) is 4.48. The van der Waals surface area contributed by atoms with Gasteiger partial charge in [0.1, 0.15) is 0 Å². The van der Waals surface area contributed by atoms with E-state index in [1.807, 2.05) is 0 Å². The molecular weight excluding hydrogens is 231 g/mol. The van der Waals surface area contributed by atoms with Gasteiger partial charge in [0, 0.05) is 6.04 Å². The molecule has 1 aliphatic carbocycles. The SMILES string of the molecule is O=S(=O)(NC1CCCCCC1)C(F)(F)F. The van der Waals surface area contributed by atoms with Gasteiger partial charge in [0.25, 0.3) is 0 Å². The van der Waals surface area contributed by atoms with Crippen molar-refractivity contribution >= 4 is 10.0 Å². The highest BCUT2D eigenvalue weighted by molar-refractivity contribution is 7.90. The van der Waals surface area contributed by atoms with Crippen LogP contribution in [0.3, 0.4) is 0 Å². The summed E-state index contributed by atoms with van der Waals surface area (Å²) in [7, 11) is -5.16. The summed E-state index contributed by atoms with van der Waals surface area (Å²) in [5.41, 5.74) is -5.20. The van der Waals surface area contributed by atoms with Crippen molar-refractivity contribution in [1.82, 2.24) is 4.72 Å². The lowest BCUT2D eigenvalue weighted by Crippen LogP contribution is -2.42. The molecule has 1 saturated carbocycles. The lowest BCUT2D eigenvalue weighted by Gasteiger charge is -2.17. The Morgan fingerprint density at radius 2 is 1.47 bits per heavy atom. The maximum Gasteiger partial charge on any atom is 0.511 e. The molecule has 0 radical (unpaired) electrons. The molecule has 0 saturated heterocycles. The monoisotopic (exact) mass is 245 g/mol. The first kappa shape index (κ1) is 12.8. The summed E-state index contributed by atoms with van der Waals surface area (Å²) in [6.45, 7) is 0. The maximum atomic E-state index is 12.0. The second-order valence-electron chi connectivity index (χ2n) is 3.76. The van der Waals surface area contributed by atoms with E-state index in [4.69, 9.17) is 0 Å². The quantitative estimate of drug-likeness (QED) is 0.758. The van der Waals surface area contributed by atoms with Crippen LogP contribution in [0.5, 0.6) is 0 Å². The molecule has 0 aromatic carbocycles. The molecule has 0 unspecified atom stereocenters. The predicted molar refractivity (Wildman–Crippen MR) is 49.6 cm³/mol.